The van der Waals surface area contributed by atoms with Crippen LogP contribution in [0.15, 0.2) is 52.5 Å². The summed E-state index contributed by atoms with van der Waals surface area (Å²) in [5, 5.41) is 12.4. The molecule has 0 aliphatic carbocycles. The number of carbonyl (C=O) groups is 2. The Labute approximate surface area is 169 Å². The largest absolute Gasteiger partial charge is 0.325 e. The maximum Gasteiger partial charge on any atom is 0.258 e. The van der Waals surface area contributed by atoms with Crippen molar-refractivity contribution in [2.75, 3.05) is 10.6 Å². The third kappa shape index (κ3) is 4.08. The summed E-state index contributed by atoms with van der Waals surface area (Å²) in [5.74, 6) is -0.376. The van der Waals surface area contributed by atoms with Gasteiger partial charge in [-0.3, -0.25) is 19.9 Å². The SMILES string of the molecule is Cc1ccc2c(NC(=O)Cc3csc(NC(=O)c4ccsc4)n3)cccc2n1. The number of amides is 2. The van der Waals surface area contributed by atoms with Crippen LogP contribution in [0.25, 0.3) is 10.9 Å². The molecule has 0 saturated carbocycles. The fraction of sp³-hybridized carbons (Fsp3) is 0.100. The van der Waals surface area contributed by atoms with E-state index in [4.69, 9.17) is 0 Å². The minimum atomic E-state index is -0.204. The zero-order chi connectivity index (χ0) is 19.5. The first-order chi connectivity index (χ1) is 13.6. The van der Waals surface area contributed by atoms with E-state index in [1.165, 1.54) is 22.7 Å². The Balaban J connectivity index is 1.42. The number of fused-ring (bicyclic) bond motifs is 1. The molecule has 2 amide bonds. The molecule has 0 aliphatic heterocycles. The molecule has 0 aliphatic rings. The maximum atomic E-state index is 12.5. The monoisotopic (exact) mass is 408 g/mol. The van der Waals surface area contributed by atoms with E-state index in [9.17, 15) is 9.59 Å². The highest BCUT2D eigenvalue weighted by Gasteiger charge is 2.12. The van der Waals surface area contributed by atoms with Crippen molar-refractivity contribution in [3.05, 3.63) is 69.5 Å². The lowest BCUT2D eigenvalue weighted by Crippen LogP contribution is -2.15. The fourth-order valence-corrected chi connectivity index (χ4v) is 4.07. The molecule has 6 nitrogen and oxygen atoms in total. The van der Waals surface area contributed by atoms with E-state index in [2.05, 4.69) is 20.6 Å². The van der Waals surface area contributed by atoms with Gasteiger partial charge in [0.05, 0.1) is 28.9 Å². The minimum absolute atomic E-state index is 0.125. The molecular formula is C20H16N4O2S2. The van der Waals surface area contributed by atoms with Crippen molar-refractivity contribution >= 4 is 56.2 Å². The number of anilines is 2. The first-order valence-electron chi connectivity index (χ1n) is 8.53. The molecule has 0 atom stereocenters. The van der Waals surface area contributed by atoms with Gasteiger partial charge in [0, 0.05) is 21.8 Å². The number of benzene rings is 1. The fourth-order valence-electron chi connectivity index (χ4n) is 2.73. The molecule has 4 rings (SSSR count). The molecule has 8 heteroatoms. The van der Waals surface area contributed by atoms with Crippen LogP contribution in [0, 0.1) is 6.92 Å². The first-order valence-corrected chi connectivity index (χ1v) is 10.3. The molecule has 0 unspecified atom stereocenters. The van der Waals surface area contributed by atoms with Gasteiger partial charge in [-0.15, -0.1) is 11.3 Å². The number of pyridine rings is 1. The van der Waals surface area contributed by atoms with Crippen LogP contribution in [-0.4, -0.2) is 21.8 Å². The zero-order valence-corrected chi connectivity index (χ0v) is 16.6. The second-order valence-corrected chi connectivity index (χ2v) is 7.80. The van der Waals surface area contributed by atoms with Crippen LogP contribution in [0.2, 0.25) is 0 Å². The van der Waals surface area contributed by atoms with Crippen molar-refractivity contribution in [3.8, 4) is 0 Å². The van der Waals surface area contributed by atoms with E-state index >= 15 is 0 Å². The molecule has 0 bridgehead atoms. The van der Waals surface area contributed by atoms with E-state index in [-0.39, 0.29) is 18.2 Å². The number of hydrogen-bond donors (Lipinski definition) is 2. The summed E-state index contributed by atoms with van der Waals surface area (Å²) >= 11 is 2.76. The third-order valence-electron chi connectivity index (χ3n) is 4.04. The standard InChI is InChI=1S/C20H16N4O2S2/c1-12-5-6-15-16(21-12)3-2-4-17(15)23-18(25)9-14-11-28-20(22-14)24-19(26)13-7-8-27-10-13/h2-8,10-11H,9H2,1H3,(H,23,25)(H,22,24,26). The third-order valence-corrected chi connectivity index (χ3v) is 5.53. The topological polar surface area (TPSA) is 84.0 Å². The first kappa shape index (κ1) is 18.3. The van der Waals surface area contributed by atoms with E-state index in [0.29, 0.717) is 16.4 Å². The summed E-state index contributed by atoms with van der Waals surface area (Å²) in [5.41, 5.74) is 3.69. The Kier molecular flexibility index (Phi) is 5.14. The van der Waals surface area contributed by atoms with E-state index in [1.54, 1.807) is 16.8 Å². The Morgan fingerprint density at radius 2 is 1.93 bits per heavy atom. The van der Waals surface area contributed by atoms with Gasteiger partial charge in [-0.2, -0.15) is 11.3 Å². The Morgan fingerprint density at radius 1 is 1.04 bits per heavy atom. The predicted molar refractivity (Wildman–Crippen MR) is 113 cm³/mol. The molecule has 3 aromatic heterocycles. The molecule has 0 spiro atoms. The summed E-state index contributed by atoms with van der Waals surface area (Å²) in [6.07, 6.45) is 0.125. The van der Waals surface area contributed by atoms with Gasteiger partial charge in [0.15, 0.2) is 5.13 Å². The maximum absolute atomic E-state index is 12.5. The van der Waals surface area contributed by atoms with E-state index in [1.807, 2.05) is 42.6 Å². The number of aromatic nitrogens is 2. The summed E-state index contributed by atoms with van der Waals surface area (Å²) in [6.45, 7) is 1.93. The van der Waals surface area contributed by atoms with Crippen molar-refractivity contribution in [2.45, 2.75) is 13.3 Å². The van der Waals surface area contributed by atoms with Gasteiger partial charge in [0.25, 0.3) is 5.91 Å². The van der Waals surface area contributed by atoms with Crippen molar-refractivity contribution < 1.29 is 9.59 Å². The summed E-state index contributed by atoms with van der Waals surface area (Å²) in [4.78, 5) is 33.3. The highest BCUT2D eigenvalue weighted by molar-refractivity contribution is 7.14. The van der Waals surface area contributed by atoms with Crippen LogP contribution in [0.4, 0.5) is 10.8 Å². The number of aryl methyl sites for hydroxylation is 1. The lowest BCUT2D eigenvalue weighted by molar-refractivity contribution is -0.115. The van der Waals surface area contributed by atoms with Crippen LogP contribution in [0.1, 0.15) is 21.7 Å². The molecule has 28 heavy (non-hydrogen) atoms. The molecule has 0 radical (unpaired) electrons. The van der Waals surface area contributed by atoms with Crippen molar-refractivity contribution in [1.82, 2.24) is 9.97 Å². The second-order valence-electron chi connectivity index (χ2n) is 6.16. The van der Waals surface area contributed by atoms with Crippen LogP contribution >= 0.6 is 22.7 Å². The van der Waals surface area contributed by atoms with Gasteiger partial charge in [0.1, 0.15) is 0 Å². The number of thiophene rings is 1. The van der Waals surface area contributed by atoms with Gasteiger partial charge in [-0.1, -0.05) is 6.07 Å². The highest BCUT2D eigenvalue weighted by atomic mass is 32.1. The number of thiazole rings is 1. The molecule has 3 heterocycles. The van der Waals surface area contributed by atoms with Crippen molar-refractivity contribution in [1.29, 1.82) is 0 Å². The normalized spacial score (nSPS) is 10.8. The van der Waals surface area contributed by atoms with Gasteiger partial charge in [-0.05, 0) is 42.6 Å². The lowest BCUT2D eigenvalue weighted by Gasteiger charge is -2.08. The average molecular weight is 409 g/mol. The van der Waals surface area contributed by atoms with Gasteiger partial charge in [-0.25, -0.2) is 4.98 Å². The predicted octanol–water partition coefficient (Wildman–Crippen LogP) is 4.49. The Hall–Kier alpha value is -3.10. The summed E-state index contributed by atoms with van der Waals surface area (Å²) in [7, 11) is 0. The van der Waals surface area contributed by atoms with Crippen LogP contribution in [0.5, 0.6) is 0 Å². The molecule has 4 aromatic rings. The molecule has 0 saturated heterocycles. The lowest BCUT2D eigenvalue weighted by atomic mass is 10.1. The zero-order valence-electron chi connectivity index (χ0n) is 14.9. The van der Waals surface area contributed by atoms with Crippen molar-refractivity contribution in [2.24, 2.45) is 0 Å². The molecule has 2 N–H and O–H groups in total. The van der Waals surface area contributed by atoms with Gasteiger partial charge in [0.2, 0.25) is 5.91 Å². The molecule has 140 valence electrons. The molecular weight excluding hydrogens is 392 g/mol. The number of hydrogen-bond acceptors (Lipinski definition) is 6. The Bertz CT molecular complexity index is 1150. The van der Waals surface area contributed by atoms with Crippen LogP contribution < -0.4 is 10.6 Å². The second kappa shape index (κ2) is 7.87. The molecule has 0 fully saturated rings. The summed E-state index contributed by atoms with van der Waals surface area (Å²) in [6, 6.07) is 11.3. The number of nitrogens with zero attached hydrogens (tertiary/aromatic N) is 2. The minimum Gasteiger partial charge on any atom is -0.325 e. The number of nitrogens with one attached hydrogen (secondary N) is 2. The van der Waals surface area contributed by atoms with Crippen LogP contribution in [-0.2, 0) is 11.2 Å². The Morgan fingerprint density at radius 3 is 2.75 bits per heavy atom. The van der Waals surface area contributed by atoms with E-state index < -0.39 is 0 Å². The smallest absolute Gasteiger partial charge is 0.258 e. The quantitative estimate of drug-likeness (QED) is 0.509. The van der Waals surface area contributed by atoms with Crippen molar-refractivity contribution in [3.63, 3.8) is 0 Å². The number of rotatable bonds is 5. The van der Waals surface area contributed by atoms with Crippen LogP contribution in [0.3, 0.4) is 0 Å². The number of carbonyl (C=O) groups excluding carboxylic acids is 2. The van der Waals surface area contributed by atoms with E-state index in [0.717, 1.165) is 22.3 Å². The highest BCUT2D eigenvalue weighted by Crippen LogP contribution is 2.23. The average Bonchev–Trinajstić information content (AvgIpc) is 3.34. The summed E-state index contributed by atoms with van der Waals surface area (Å²) < 4.78 is 0. The van der Waals surface area contributed by atoms with Gasteiger partial charge >= 0.3 is 0 Å². The molecule has 1 aromatic carbocycles. The van der Waals surface area contributed by atoms with Gasteiger partial charge < -0.3 is 5.32 Å².